The molecular weight excluding hydrogens is 496 g/mol. The summed E-state index contributed by atoms with van der Waals surface area (Å²) in [6.45, 7) is 0. The summed E-state index contributed by atoms with van der Waals surface area (Å²) in [7, 11) is 0. The summed E-state index contributed by atoms with van der Waals surface area (Å²) >= 11 is 0. The van der Waals surface area contributed by atoms with E-state index >= 15 is 0 Å². The van der Waals surface area contributed by atoms with Gasteiger partial charge in [0, 0.05) is 10.8 Å². The van der Waals surface area contributed by atoms with E-state index < -0.39 is 0 Å². The third-order valence-electron chi connectivity index (χ3n) is 8.60. The minimum absolute atomic E-state index is 0.943. The Morgan fingerprint density at radius 2 is 0.854 bits per heavy atom. The SMILES string of the molecule is c1ccc(-c2ccc(-c3c4ccccc4c(-c4cc5ccc6cccc7oc(c4)c5c67)c4ccccc34)cc2)cc1. The Bertz CT molecular complexity index is 2340. The lowest BCUT2D eigenvalue weighted by Crippen LogP contribution is -1.91. The van der Waals surface area contributed by atoms with Crippen molar-refractivity contribution in [3.8, 4) is 33.4 Å². The number of rotatable bonds is 3. The first-order chi connectivity index (χ1) is 20.3. The molecule has 0 aliphatic heterocycles. The molecule has 0 atom stereocenters. The van der Waals surface area contributed by atoms with Gasteiger partial charge < -0.3 is 4.42 Å². The molecule has 0 aliphatic carbocycles. The molecule has 0 N–H and O–H groups in total. The maximum Gasteiger partial charge on any atom is 0.136 e. The average Bonchev–Trinajstić information content (AvgIpc) is 3.42. The second-order valence-corrected chi connectivity index (χ2v) is 10.9. The molecule has 1 aromatic heterocycles. The molecule has 9 rings (SSSR count). The predicted molar refractivity (Wildman–Crippen MR) is 174 cm³/mol. The van der Waals surface area contributed by atoms with Crippen LogP contribution in [0.2, 0.25) is 0 Å². The van der Waals surface area contributed by atoms with Crippen molar-refractivity contribution in [1.82, 2.24) is 0 Å². The first-order valence-corrected chi connectivity index (χ1v) is 14.1. The smallest absolute Gasteiger partial charge is 0.136 e. The quantitative estimate of drug-likeness (QED) is 0.167. The zero-order valence-corrected chi connectivity index (χ0v) is 22.3. The van der Waals surface area contributed by atoms with Crippen molar-refractivity contribution >= 4 is 54.3 Å². The monoisotopic (exact) mass is 520 g/mol. The van der Waals surface area contributed by atoms with Crippen LogP contribution >= 0.6 is 0 Å². The second-order valence-electron chi connectivity index (χ2n) is 10.9. The number of hydrogen-bond acceptors (Lipinski definition) is 1. The van der Waals surface area contributed by atoms with E-state index in [1.807, 2.05) is 0 Å². The van der Waals surface area contributed by atoms with E-state index in [-0.39, 0.29) is 0 Å². The summed E-state index contributed by atoms with van der Waals surface area (Å²) < 4.78 is 6.44. The van der Waals surface area contributed by atoms with Crippen molar-refractivity contribution in [2.24, 2.45) is 0 Å². The van der Waals surface area contributed by atoms with E-state index in [9.17, 15) is 0 Å². The average molecular weight is 521 g/mol. The van der Waals surface area contributed by atoms with Gasteiger partial charge in [0.2, 0.25) is 0 Å². The molecule has 1 nitrogen and oxygen atoms in total. The first kappa shape index (κ1) is 22.4. The molecule has 0 unspecified atom stereocenters. The highest BCUT2D eigenvalue weighted by Gasteiger charge is 2.19. The van der Waals surface area contributed by atoms with Gasteiger partial charge >= 0.3 is 0 Å². The lowest BCUT2D eigenvalue weighted by atomic mass is 9.85. The van der Waals surface area contributed by atoms with Gasteiger partial charge in [-0.25, -0.2) is 0 Å². The van der Waals surface area contributed by atoms with Crippen molar-refractivity contribution in [3.05, 3.63) is 146 Å². The van der Waals surface area contributed by atoms with E-state index in [0.717, 1.165) is 11.2 Å². The van der Waals surface area contributed by atoms with Crippen LogP contribution in [-0.4, -0.2) is 0 Å². The van der Waals surface area contributed by atoms with Crippen molar-refractivity contribution in [1.29, 1.82) is 0 Å². The fourth-order valence-electron chi connectivity index (χ4n) is 6.81. The van der Waals surface area contributed by atoms with Gasteiger partial charge in [0.05, 0.1) is 0 Å². The van der Waals surface area contributed by atoms with Crippen LogP contribution in [0.5, 0.6) is 0 Å². The molecule has 190 valence electrons. The summed E-state index contributed by atoms with van der Waals surface area (Å²) in [5.74, 6) is 0. The highest BCUT2D eigenvalue weighted by atomic mass is 16.3. The molecule has 0 aliphatic rings. The minimum Gasteiger partial charge on any atom is -0.456 e. The zero-order chi connectivity index (χ0) is 26.9. The molecular formula is C40H24O. The maximum atomic E-state index is 6.44. The predicted octanol–water partition coefficient (Wildman–Crippen LogP) is 11.5. The Labute approximate surface area is 237 Å². The maximum absolute atomic E-state index is 6.44. The first-order valence-electron chi connectivity index (χ1n) is 14.1. The molecule has 1 heterocycles. The lowest BCUT2D eigenvalue weighted by Gasteiger charge is -2.18. The van der Waals surface area contributed by atoms with Crippen molar-refractivity contribution in [2.75, 3.05) is 0 Å². The van der Waals surface area contributed by atoms with Crippen LogP contribution in [0.1, 0.15) is 0 Å². The summed E-state index contributed by atoms with van der Waals surface area (Å²) in [5.41, 5.74) is 9.27. The normalized spacial score (nSPS) is 11.9. The third kappa shape index (κ3) is 3.30. The van der Waals surface area contributed by atoms with Gasteiger partial charge in [-0.2, -0.15) is 0 Å². The number of fused-ring (bicyclic) bond motifs is 2. The summed E-state index contributed by atoms with van der Waals surface area (Å²) in [5, 5.41) is 9.87. The van der Waals surface area contributed by atoms with Crippen molar-refractivity contribution in [3.63, 3.8) is 0 Å². The number of hydrogen-bond donors (Lipinski definition) is 0. The Kier molecular flexibility index (Phi) is 4.67. The Morgan fingerprint density at radius 3 is 1.54 bits per heavy atom. The molecule has 8 aromatic carbocycles. The van der Waals surface area contributed by atoms with E-state index in [1.165, 1.54) is 76.5 Å². The third-order valence-corrected chi connectivity index (χ3v) is 8.60. The Hall–Kier alpha value is -5.40. The molecule has 0 bridgehead atoms. The van der Waals surface area contributed by atoms with Crippen LogP contribution in [0.15, 0.2) is 150 Å². The molecule has 1 heteroatoms. The standard InChI is InChI=1S/C40H24O/c1-2-9-25(10-3-1)26-17-19-28(20-18-26)37-31-12-4-6-14-33(31)38(34-15-7-5-13-32(34)37)30-23-29-22-21-27-11-8-16-35-39(27)40(29)36(24-30)41-35/h1-24H. The topological polar surface area (TPSA) is 13.1 Å². The molecule has 9 aromatic rings. The molecule has 0 saturated heterocycles. The van der Waals surface area contributed by atoms with Gasteiger partial charge in [0.25, 0.3) is 0 Å². The summed E-state index contributed by atoms with van der Waals surface area (Å²) in [6.07, 6.45) is 0. The molecule has 0 fully saturated rings. The Balaban J connectivity index is 1.33. The van der Waals surface area contributed by atoms with Crippen LogP contribution in [0.25, 0.3) is 87.6 Å². The molecule has 0 spiro atoms. The fourth-order valence-corrected chi connectivity index (χ4v) is 6.81. The van der Waals surface area contributed by atoms with E-state index in [2.05, 4.69) is 146 Å². The highest BCUT2D eigenvalue weighted by Crippen LogP contribution is 2.46. The van der Waals surface area contributed by atoms with E-state index in [4.69, 9.17) is 4.42 Å². The summed E-state index contributed by atoms with van der Waals surface area (Å²) in [6, 6.07) is 52.6. The molecule has 41 heavy (non-hydrogen) atoms. The van der Waals surface area contributed by atoms with Gasteiger partial charge in [-0.05, 0) is 83.9 Å². The lowest BCUT2D eigenvalue weighted by molar-refractivity contribution is 0.669. The molecule has 0 saturated carbocycles. The van der Waals surface area contributed by atoms with Crippen LogP contribution < -0.4 is 0 Å². The number of furan rings is 1. The van der Waals surface area contributed by atoms with Crippen LogP contribution in [0.4, 0.5) is 0 Å². The van der Waals surface area contributed by atoms with Gasteiger partial charge in [0.1, 0.15) is 11.2 Å². The fraction of sp³-hybridized carbons (Fsp3) is 0. The van der Waals surface area contributed by atoms with Gasteiger partial charge in [-0.15, -0.1) is 0 Å². The van der Waals surface area contributed by atoms with Crippen molar-refractivity contribution < 1.29 is 4.42 Å². The molecule has 0 amide bonds. The van der Waals surface area contributed by atoms with Crippen molar-refractivity contribution in [2.45, 2.75) is 0 Å². The van der Waals surface area contributed by atoms with E-state index in [1.54, 1.807) is 0 Å². The van der Waals surface area contributed by atoms with Crippen LogP contribution in [0, 0.1) is 0 Å². The number of benzene rings is 8. The largest absolute Gasteiger partial charge is 0.456 e. The summed E-state index contributed by atoms with van der Waals surface area (Å²) in [4.78, 5) is 0. The van der Waals surface area contributed by atoms with E-state index in [0.29, 0.717) is 0 Å². The van der Waals surface area contributed by atoms with Crippen LogP contribution in [-0.2, 0) is 0 Å². The van der Waals surface area contributed by atoms with Crippen LogP contribution in [0.3, 0.4) is 0 Å². The highest BCUT2D eigenvalue weighted by molar-refractivity contribution is 6.25. The minimum atomic E-state index is 0.943. The van der Waals surface area contributed by atoms with Gasteiger partial charge in [0.15, 0.2) is 0 Å². The van der Waals surface area contributed by atoms with Gasteiger partial charge in [-0.3, -0.25) is 0 Å². The zero-order valence-electron chi connectivity index (χ0n) is 22.3. The molecule has 0 radical (unpaired) electrons. The Morgan fingerprint density at radius 1 is 0.317 bits per heavy atom. The van der Waals surface area contributed by atoms with Gasteiger partial charge in [-0.1, -0.05) is 127 Å². The second kappa shape index (κ2) is 8.55.